The summed E-state index contributed by atoms with van der Waals surface area (Å²) in [4.78, 5) is 1.38. The maximum atomic E-state index is 2.50. The molecule has 0 spiro atoms. The minimum atomic E-state index is -0.128. The maximum absolute atomic E-state index is 2.50. The first-order valence-electron chi connectivity index (χ1n) is 18.3. The van der Waals surface area contributed by atoms with Gasteiger partial charge >= 0.3 is 0 Å². The maximum Gasteiger partial charge on any atom is 0.0358 e. The Morgan fingerprint density at radius 2 is 1.06 bits per heavy atom. The van der Waals surface area contributed by atoms with Crippen LogP contribution in [0.15, 0.2) is 152 Å². The molecule has 10 rings (SSSR count). The van der Waals surface area contributed by atoms with Gasteiger partial charge in [0.2, 0.25) is 0 Å². The van der Waals surface area contributed by atoms with Crippen LogP contribution in [0.25, 0.3) is 93.0 Å². The Morgan fingerprint density at radius 1 is 0.481 bits per heavy atom. The zero-order valence-corrected chi connectivity index (χ0v) is 30.7. The van der Waals surface area contributed by atoms with Crippen LogP contribution in [-0.2, 0) is 5.41 Å². The van der Waals surface area contributed by atoms with Crippen LogP contribution >= 0.6 is 11.3 Å². The molecule has 0 radical (unpaired) electrons. The van der Waals surface area contributed by atoms with Crippen molar-refractivity contribution in [1.82, 2.24) is 0 Å². The molecule has 0 atom stereocenters. The second kappa shape index (κ2) is 11.6. The summed E-state index contributed by atoms with van der Waals surface area (Å²) in [7, 11) is 0. The van der Waals surface area contributed by atoms with Crippen molar-refractivity contribution in [3.05, 3.63) is 173 Å². The molecule has 0 bridgehead atoms. The lowest BCUT2D eigenvalue weighted by molar-refractivity contribution is 0.661. The number of hydrogen-bond acceptors (Lipinski definition) is 1. The van der Waals surface area contributed by atoms with E-state index in [4.69, 9.17) is 0 Å². The van der Waals surface area contributed by atoms with Crippen molar-refractivity contribution in [2.45, 2.75) is 33.1 Å². The largest absolute Gasteiger partial charge is 0.140 e. The van der Waals surface area contributed by atoms with Gasteiger partial charge in [-0.2, -0.15) is 0 Å². The van der Waals surface area contributed by atoms with Gasteiger partial charge in [-0.05, 0) is 126 Å². The first-order chi connectivity index (χ1) is 25.4. The number of allylic oxidation sites excluding steroid dienone is 1. The van der Waals surface area contributed by atoms with E-state index in [1.165, 1.54) is 108 Å². The summed E-state index contributed by atoms with van der Waals surface area (Å²) in [6, 6.07) is 54.6. The van der Waals surface area contributed by atoms with Crippen LogP contribution in [0.4, 0.5) is 0 Å². The molecule has 0 amide bonds. The minimum absolute atomic E-state index is 0.128. The van der Waals surface area contributed by atoms with Crippen molar-refractivity contribution < 1.29 is 0 Å². The van der Waals surface area contributed by atoms with E-state index in [-0.39, 0.29) is 5.41 Å². The lowest BCUT2D eigenvalue weighted by Gasteiger charge is -2.23. The smallest absolute Gasteiger partial charge is 0.0358 e. The molecule has 0 fully saturated rings. The van der Waals surface area contributed by atoms with Gasteiger partial charge in [-0.3, -0.25) is 0 Å². The third-order valence-electron chi connectivity index (χ3n) is 11.5. The number of hydrogen-bond donors (Lipinski definition) is 0. The molecule has 8 aromatic carbocycles. The summed E-state index contributed by atoms with van der Waals surface area (Å²) >= 11 is 1.91. The van der Waals surface area contributed by atoms with Crippen LogP contribution in [0.2, 0.25) is 0 Å². The van der Waals surface area contributed by atoms with Gasteiger partial charge in [-0.1, -0.05) is 153 Å². The predicted molar refractivity (Wildman–Crippen MR) is 228 cm³/mol. The van der Waals surface area contributed by atoms with E-state index >= 15 is 0 Å². The number of rotatable bonds is 4. The van der Waals surface area contributed by atoms with Crippen LogP contribution in [0, 0.1) is 6.92 Å². The highest BCUT2D eigenvalue weighted by Gasteiger charge is 2.37. The van der Waals surface area contributed by atoms with Crippen molar-refractivity contribution >= 4 is 59.8 Å². The summed E-state index contributed by atoms with van der Waals surface area (Å²) in [6.07, 6.45) is 4.41. The van der Waals surface area contributed by atoms with Crippen LogP contribution in [-0.4, -0.2) is 0 Å². The molecule has 1 aliphatic carbocycles. The van der Waals surface area contributed by atoms with Crippen molar-refractivity contribution in [2.75, 3.05) is 0 Å². The molecule has 0 nitrogen and oxygen atoms in total. The molecule has 0 aliphatic heterocycles. The molecule has 0 N–H and O–H groups in total. The lowest BCUT2D eigenvalue weighted by atomic mass is 9.80. The topological polar surface area (TPSA) is 0 Å². The van der Waals surface area contributed by atoms with E-state index in [2.05, 4.69) is 185 Å². The highest BCUT2D eigenvalue weighted by molar-refractivity contribution is 7.19. The fourth-order valence-corrected chi connectivity index (χ4v) is 10.1. The first kappa shape index (κ1) is 31.0. The molecule has 1 heteroatoms. The molecule has 52 heavy (non-hydrogen) atoms. The molecule has 0 saturated carbocycles. The summed E-state index contributed by atoms with van der Waals surface area (Å²) in [5.74, 6) is 0. The Kier molecular flexibility index (Phi) is 6.94. The quantitative estimate of drug-likeness (QED) is 0.162. The number of benzene rings is 8. The van der Waals surface area contributed by atoms with Crippen LogP contribution in [0.1, 0.15) is 42.3 Å². The Morgan fingerprint density at radius 3 is 1.71 bits per heavy atom. The third kappa shape index (κ3) is 4.52. The number of fused-ring (bicyclic) bond motifs is 8. The standard InChI is InChI=1S/C51H38S/c1-5-13-37-31(2)52-47-30-43-35(28-44(37)47)25-27-45-50(43)42-26-24-36(29-46(42)51(45,3)4)49-40-18-11-9-16-38(40)48(39-17-10-12-19-41(39)49)34-22-20-33(21-23-34)32-14-7-6-8-15-32/h5-30H,1-4H3/b13-5-. The van der Waals surface area contributed by atoms with Crippen molar-refractivity contribution in [2.24, 2.45) is 0 Å². The normalized spacial score (nSPS) is 13.5. The van der Waals surface area contributed by atoms with Crippen molar-refractivity contribution in [1.29, 1.82) is 0 Å². The third-order valence-corrected chi connectivity index (χ3v) is 12.6. The van der Waals surface area contributed by atoms with E-state index in [0.717, 1.165) is 0 Å². The molecule has 0 saturated heterocycles. The number of thiophene rings is 1. The van der Waals surface area contributed by atoms with Crippen LogP contribution in [0.5, 0.6) is 0 Å². The molecule has 1 aromatic heterocycles. The zero-order valence-electron chi connectivity index (χ0n) is 29.9. The molecule has 1 aliphatic rings. The molecule has 248 valence electrons. The van der Waals surface area contributed by atoms with E-state index in [1.54, 1.807) is 0 Å². The van der Waals surface area contributed by atoms with E-state index in [9.17, 15) is 0 Å². The fraction of sp³-hybridized carbons (Fsp3) is 0.0980. The average Bonchev–Trinajstić information content (AvgIpc) is 3.61. The van der Waals surface area contributed by atoms with Gasteiger partial charge < -0.3 is 0 Å². The molecule has 1 heterocycles. The Balaban J connectivity index is 1.17. The van der Waals surface area contributed by atoms with Crippen LogP contribution < -0.4 is 0 Å². The van der Waals surface area contributed by atoms with E-state index < -0.39 is 0 Å². The minimum Gasteiger partial charge on any atom is -0.140 e. The fourth-order valence-electron chi connectivity index (χ4n) is 9.03. The van der Waals surface area contributed by atoms with Gasteiger partial charge in [0.25, 0.3) is 0 Å². The SMILES string of the molecule is C/C=C\c1c(C)sc2cc3c4c(ccc3cc12)C(C)(C)c1cc(-c2c3ccccc3c(-c3ccc(-c5ccccc5)cc3)c3ccccc23)ccc1-4. The van der Waals surface area contributed by atoms with E-state index in [1.807, 2.05) is 11.3 Å². The van der Waals surface area contributed by atoms with E-state index in [0.29, 0.717) is 0 Å². The van der Waals surface area contributed by atoms with Gasteiger partial charge in [0.1, 0.15) is 0 Å². The summed E-state index contributed by atoms with van der Waals surface area (Å²) in [6.45, 7) is 9.17. The van der Waals surface area contributed by atoms with Gasteiger partial charge in [-0.15, -0.1) is 11.3 Å². The lowest BCUT2D eigenvalue weighted by Crippen LogP contribution is -2.15. The van der Waals surface area contributed by atoms with Crippen molar-refractivity contribution in [3.8, 4) is 44.5 Å². The summed E-state index contributed by atoms with van der Waals surface area (Å²) in [5, 5.41) is 9.16. The van der Waals surface area contributed by atoms with Gasteiger partial charge in [0.15, 0.2) is 0 Å². The Bertz CT molecular complexity index is 2860. The van der Waals surface area contributed by atoms with Gasteiger partial charge in [-0.25, -0.2) is 0 Å². The molecular weight excluding hydrogens is 645 g/mol. The monoisotopic (exact) mass is 682 g/mol. The van der Waals surface area contributed by atoms with Gasteiger partial charge in [0.05, 0.1) is 0 Å². The predicted octanol–water partition coefficient (Wildman–Crippen LogP) is 15.0. The summed E-state index contributed by atoms with van der Waals surface area (Å²) < 4.78 is 1.36. The molecular formula is C51H38S. The Hall–Kier alpha value is -5.76. The highest BCUT2D eigenvalue weighted by Crippen LogP contribution is 2.54. The average molecular weight is 683 g/mol. The molecule has 9 aromatic rings. The highest BCUT2D eigenvalue weighted by atomic mass is 32.1. The summed E-state index contributed by atoms with van der Waals surface area (Å²) in [5.41, 5.74) is 14.4. The second-order valence-electron chi connectivity index (χ2n) is 14.8. The molecule has 0 unspecified atom stereocenters. The Labute approximate surface area is 309 Å². The first-order valence-corrected chi connectivity index (χ1v) is 19.1. The zero-order chi connectivity index (χ0) is 35.1. The second-order valence-corrected chi connectivity index (χ2v) is 16.1. The van der Waals surface area contributed by atoms with Crippen LogP contribution in [0.3, 0.4) is 0 Å². The van der Waals surface area contributed by atoms with Crippen molar-refractivity contribution in [3.63, 3.8) is 0 Å². The number of aryl methyl sites for hydroxylation is 1. The van der Waals surface area contributed by atoms with Gasteiger partial charge in [0, 0.05) is 20.4 Å².